The monoisotopic (exact) mass is 260 g/mol. The molecule has 0 saturated carbocycles. The second kappa shape index (κ2) is 8.32. The largest absolute Gasteiger partial charge is 0.480 e. The number of carbonyl (C=O) groups is 3. The van der Waals surface area contributed by atoms with Gasteiger partial charge in [0.25, 0.3) is 0 Å². The maximum atomic E-state index is 12.0. The Hall–Kier alpha value is -1.79. The molecule has 0 aromatic heterocycles. The average Bonchev–Trinajstić information content (AvgIpc) is 2.27. The minimum atomic E-state index is -1.23. The first-order valence-electron chi connectivity index (χ1n) is 5.89. The summed E-state index contributed by atoms with van der Waals surface area (Å²) in [6.07, 6.45) is 1.70. The number of carbonyl (C=O) groups excluding carboxylic acids is 1. The highest BCUT2D eigenvalue weighted by Crippen LogP contribution is 2.02. The van der Waals surface area contributed by atoms with E-state index in [0.717, 1.165) is 17.7 Å². The summed E-state index contributed by atoms with van der Waals surface area (Å²) in [6, 6.07) is -0.546. The van der Waals surface area contributed by atoms with Crippen molar-refractivity contribution in [3.8, 4) is 0 Å². The molecular formula is C11H20N2O5. The van der Waals surface area contributed by atoms with E-state index in [0.29, 0.717) is 13.1 Å². The van der Waals surface area contributed by atoms with Crippen LogP contribution in [0, 0.1) is 0 Å². The van der Waals surface area contributed by atoms with Gasteiger partial charge in [0.15, 0.2) is 0 Å². The van der Waals surface area contributed by atoms with Crippen molar-refractivity contribution in [1.82, 2.24) is 9.80 Å². The van der Waals surface area contributed by atoms with Gasteiger partial charge in [-0.2, -0.15) is 0 Å². The number of rotatable bonds is 8. The molecule has 2 N–H and O–H groups in total. The molecule has 18 heavy (non-hydrogen) atoms. The van der Waals surface area contributed by atoms with Gasteiger partial charge in [0.05, 0.1) is 0 Å². The van der Waals surface area contributed by atoms with Crippen LogP contribution in [0.1, 0.15) is 26.7 Å². The molecule has 104 valence electrons. The summed E-state index contributed by atoms with van der Waals surface area (Å²) in [4.78, 5) is 35.5. The number of aliphatic carboxylic acids is 2. The molecule has 0 aromatic rings. The van der Waals surface area contributed by atoms with Gasteiger partial charge in [-0.05, 0) is 13.3 Å². The number of carboxylic acid groups (broad SMARTS) is 2. The minimum absolute atomic E-state index is 0.425. The third-order valence-electron chi connectivity index (χ3n) is 2.36. The lowest BCUT2D eigenvalue weighted by Crippen LogP contribution is -2.47. The number of unbranched alkanes of at least 4 members (excludes halogenated alkanes) is 1. The summed E-state index contributed by atoms with van der Waals surface area (Å²) in [5, 5.41) is 17.3. The van der Waals surface area contributed by atoms with Crippen LogP contribution in [0.3, 0.4) is 0 Å². The second-order valence-electron chi connectivity index (χ2n) is 3.86. The third kappa shape index (κ3) is 6.07. The van der Waals surface area contributed by atoms with E-state index in [1.807, 2.05) is 6.92 Å². The van der Waals surface area contributed by atoms with E-state index >= 15 is 0 Å². The van der Waals surface area contributed by atoms with E-state index in [-0.39, 0.29) is 0 Å². The number of urea groups is 1. The van der Waals surface area contributed by atoms with Gasteiger partial charge in [0.1, 0.15) is 13.1 Å². The fraction of sp³-hybridized carbons (Fsp3) is 0.727. The molecule has 0 aromatic carbocycles. The van der Waals surface area contributed by atoms with Gasteiger partial charge >= 0.3 is 18.0 Å². The Morgan fingerprint density at radius 3 is 1.78 bits per heavy atom. The van der Waals surface area contributed by atoms with Gasteiger partial charge in [0, 0.05) is 13.1 Å². The van der Waals surface area contributed by atoms with Gasteiger partial charge in [-0.15, -0.1) is 0 Å². The number of hydrogen-bond donors (Lipinski definition) is 2. The van der Waals surface area contributed by atoms with Crippen molar-refractivity contribution in [2.75, 3.05) is 26.2 Å². The minimum Gasteiger partial charge on any atom is -0.480 e. The van der Waals surface area contributed by atoms with Crippen molar-refractivity contribution in [3.63, 3.8) is 0 Å². The topological polar surface area (TPSA) is 98.2 Å². The second-order valence-corrected chi connectivity index (χ2v) is 3.86. The zero-order chi connectivity index (χ0) is 14.1. The van der Waals surface area contributed by atoms with Gasteiger partial charge in [-0.1, -0.05) is 13.3 Å². The number of amides is 2. The summed E-state index contributed by atoms with van der Waals surface area (Å²) in [5.74, 6) is -2.45. The molecule has 0 aliphatic heterocycles. The van der Waals surface area contributed by atoms with Crippen molar-refractivity contribution in [2.24, 2.45) is 0 Å². The molecule has 0 saturated heterocycles. The predicted octanol–water partition coefficient (Wildman–Crippen LogP) is 0.700. The molecule has 7 heteroatoms. The number of hydrogen-bond acceptors (Lipinski definition) is 3. The van der Waals surface area contributed by atoms with E-state index in [4.69, 9.17) is 10.2 Å². The predicted molar refractivity (Wildman–Crippen MR) is 64.4 cm³/mol. The molecular weight excluding hydrogens is 240 g/mol. The molecule has 0 heterocycles. The normalized spacial score (nSPS) is 9.89. The maximum absolute atomic E-state index is 12.0. The van der Waals surface area contributed by atoms with Crippen LogP contribution in [-0.4, -0.2) is 64.2 Å². The molecule has 7 nitrogen and oxygen atoms in total. The van der Waals surface area contributed by atoms with Gasteiger partial charge in [0.2, 0.25) is 0 Å². The van der Waals surface area contributed by atoms with Crippen molar-refractivity contribution in [1.29, 1.82) is 0 Å². The zero-order valence-electron chi connectivity index (χ0n) is 10.8. The lowest BCUT2D eigenvalue weighted by atomic mass is 10.3. The first-order valence-corrected chi connectivity index (χ1v) is 5.89. The Morgan fingerprint density at radius 1 is 0.944 bits per heavy atom. The van der Waals surface area contributed by atoms with Crippen LogP contribution in [0.5, 0.6) is 0 Å². The third-order valence-corrected chi connectivity index (χ3v) is 2.36. The molecule has 0 unspecified atom stereocenters. The molecule has 0 bridgehead atoms. The zero-order valence-corrected chi connectivity index (χ0v) is 10.8. The van der Waals surface area contributed by atoms with Crippen LogP contribution in [0.15, 0.2) is 0 Å². The quantitative estimate of drug-likeness (QED) is 0.669. The molecule has 0 aliphatic rings. The molecule has 2 amide bonds. The SMILES string of the molecule is CCCCN(CC)C(=O)N(CC(=O)O)CC(=O)O. The fourth-order valence-electron chi connectivity index (χ4n) is 1.46. The summed E-state index contributed by atoms with van der Waals surface area (Å²) in [5.41, 5.74) is 0. The van der Waals surface area contributed by atoms with Crippen LogP contribution in [0.25, 0.3) is 0 Å². The Balaban J connectivity index is 4.67. The van der Waals surface area contributed by atoms with Crippen LogP contribution >= 0.6 is 0 Å². The van der Waals surface area contributed by atoms with E-state index < -0.39 is 31.1 Å². The molecule has 0 atom stereocenters. The number of carboxylic acids is 2. The Bertz CT molecular complexity index is 290. The average molecular weight is 260 g/mol. The van der Waals surface area contributed by atoms with Gasteiger partial charge in [-0.25, -0.2) is 4.79 Å². The van der Waals surface area contributed by atoms with Crippen molar-refractivity contribution < 1.29 is 24.6 Å². The summed E-state index contributed by atoms with van der Waals surface area (Å²) < 4.78 is 0. The van der Waals surface area contributed by atoms with Crippen molar-refractivity contribution >= 4 is 18.0 Å². The first-order chi connectivity index (χ1) is 8.42. The van der Waals surface area contributed by atoms with E-state index in [9.17, 15) is 14.4 Å². The lowest BCUT2D eigenvalue weighted by Gasteiger charge is -2.27. The van der Waals surface area contributed by atoms with Crippen LogP contribution < -0.4 is 0 Å². The van der Waals surface area contributed by atoms with Gasteiger partial charge < -0.3 is 20.0 Å². The highest BCUT2D eigenvalue weighted by molar-refractivity contribution is 5.84. The Kier molecular flexibility index (Phi) is 7.50. The summed E-state index contributed by atoms with van der Waals surface area (Å²) in [7, 11) is 0. The van der Waals surface area contributed by atoms with Crippen LogP contribution in [0.2, 0.25) is 0 Å². The molecule has 0 radical (unpaired) electrons. The summed E-state index contributed by atoms with van der Waals surface area (Å²) in [6.45, 7) is 3.47. The maximum Gasteiger partial charge on any atom is 0.323 e. The molecule has 0 rings (SSSR count). The molecule has 0 aliphatic carbocycles. The summed E-state index contributed by atoms with van der Waals surface area (Å²) >= 11 is 0. The van der Waals surface area contributed by atoms with Crippen molar-refractivity contribution in [2.45, 2.75) is 26.7 Å². The van der Waals surface area contributed by atoms with E-state index in [1.165, 1.54) is 4.90 Å². The molecule has 0 spiro atoms. The van der Waals surface area contributed by atoms with Crippen LogP contribution in [0.4, 0.5) is 4.79 Å². The first kappa shape index (κ1) is 16.2. The number of nitrogens with zero attached hydrogens (tertiary/aromatic N) is 2. The fourth-order valence-corrected chi connectivity index (χ4v) is 1.46. The Labute approximate surface area is 106 Å². The van der Waals surface area contributed by atoms with Crippen molar-refractivity contribution in [3.05, 3.63) is 0 Å². The lowest BCUT2D eigenvalue weighted by molar-refractivity contribution is -0.140. The van der Waals surface area contributed by atoms with Crippen LogP contribution in [-0.2, 0) is 9.59 Å². The van der Waals surface area contributed by atoms with E-state index in [2.05, 4.69) is 0 Å². The van der Waals surface area contributed by atoms with Gasteiger partial charge in [-0.3, -0.25) is 9.59 Å². The highest BCUT2D eigenvalue weighted by Gasteiger charge is 2.23. The smallest absolute Gasteiger partial charge is 0.323 e. The highest BCUT2D eigenvalue weighted by atomic mass is 16.4. The molecule has 0 fully saturated rings. The standard InChI is InChI=1S/C11H20N2O5/c1-3-5-6-12(4-2)11(18)13(7-9(14)15)8-10(16)17/h3-8H2,1-2H3,(H,14,15)(H,16,17). The van der Waals surface area contributed by atoms with E-state index in [1.54, 1.807) is 6.92 Å². The Morgan fingerprint density at radius 2 is 1.44 bits per heavy atom.